The first kappa shape index (κ1) is 28.0. The second-order valence-electron chi connectivity index (χ2n) is 6.79. The molecule has 0 fully saturated rings. The maximum absolute atomic E-state index is 12.3. The van der Waals surface area contributed by atoms with Crippen LogP contribution in [0, 0.1) is 0 Å². The van der Waals surface area contributed by atoms with Gasteiger partial charge in [-0.15, -0.1) is 0 Å². The van der Waals surface area contributed by atoms with Gasteiger partial charge >= 0.3 is 18.1 Å². The van der Waals surface area contributed by atoms with Gasteiger partial charge in [0.1, 0.15) is 0 Å². The van der Waals surface area contributed by atoms with Crippen LogP contribution in [0.3, 0.4) is 0 Å². The van der Waals surface area contributed by atoms with Gasteiger partial charge in [0.05, 0.1) is 11.3 Å². The van der Waals surface area contributed by atoms with Crippen molar-refractivity contribution in [1.29, 1.82) is 0 Å². The van der Waals surface area contributed by atoms with E-state index in [0.717, 1.165) is 30.4 Å². The van der Waals surface area contributed by atoms with E-state index in [1.807, 2.05) is 0 Å². The summed E-state index contributed by atoms with van der Waals surface area (Å²) in [6, 6.07) is 12.0. The number of carboxylic acids is 2. The number of amides is 1. The summed E-state index contributed by atoms with van der Waals surface area (Å²) in [6.07, 6.45) is -3.22. The van der Waals surface area contributed by atoms with Crippen molar-refractivity contribution >= 4 is 45.2 Å². The zero-order valence-electron chi connectivity index (χ0n) is 17.9. The number of carbonyl (C=O) groups is 3. The Morgan fingerprint density at radius 1 is 0.970 bits per heavy atom. The van der Waals surface area contributed by atoms with Gasteiger partial charge in [-0.2, -0.15) is 13.2 Å². The Morgan fingerprint density at radius 2 is 1.48 bits per heavy atom. The van der Waals surface area contributed by atoms with Crippen molar-refractivity contribution in [2.75, 3.05) is 23.3 Å². The predicted octanol–water partition coefficient (Wildman–Crippen LogP) is 5.66. The van der Waals surface area contributed by atoms with Crippen LogP contribution in [0.25, 0.3) is 0 Å². The minimum Gasteiger partial charge on any atom is -0.478 e. The van der Waals surface area contributed by atoms with Gasteiger partial charge in [0.25, 0.3) is 5.91 Å². The average molecular weight is 533 g/mol. The zero-order valence-corrected chi connectivity index (χ0v) is 19.5. The molecule has 0 radical (unpaired) electrons. The highest BCUT2D eigenvalue weighted by Gasteiger charge is 2.38. The van der Waals surface area contributed by atoms with E-state index in [9.17, 15) is 27.9 Å². The number of alkyl halides is 3. The maximum Gasteiger partial charge on any atom is 0.490 e. The Labute approximate surface area is 197 Å². The SMILES string of the molecule is CCCN(CCC)c1ccc(NC(=O)c2ccc(Br)cc2)cc1C(=O)O.O=C(O)C(F)(F)F. The zero-order chi connectivity index (χ0) is 25.2. The van der Waals surface area contributed by atoms with E-state index in [-0.39, 0.29) is 11.5 Å². The van der Waals surface area contributed by atoms with E-state index in [0.29, 0.717) is 16.9 Å². The van der Waals surface area contributed by atoms with Gasteiger partial charge in [0.15, 0.2) is 0 Å². The Balaban J connectivity index is 0.000000675. The van der Waals surface area contributed by atoms with Crippen molar-refractivity contribution in [3.8, 4) is 0 Å². The molecule has 0 aromatic heterocycles. The number of hydrogen-bond donors (Lipinski definition) is 3. The van der Waals surface area contributed by atoms with Gasteiger partial charge in [-0.25, -0.2) is 9.59 Å². The molecule has 0 saturated heterocycles. The smallest absolute Gasteiger partial charge is 0.478 e. The van der Waals surface area contributed by atoms with E-state index in [1.54, 1.807) is 36.4 Å². The second-order valence-corrected chi connectivity index (χ2v) is 7.70. The molecule has 0 unspecified atom stereocenters. The van der Waals surface area contributed by atoms with Crippen molar-refractivity contribution < 1.29 is 37.8 Å². The number of nitrogens with one attached hydrogen (secondary N) is 1. The summed E-state index contributed by atoms with van der Waals surface area (Å²) in [7, 11) is 0. The fraction of sp³-hybridized carbons (Fsp3) is 0.318. The summed E-state index contributed by atoms with van der Waals surface area (Å²) in [6.45, 7) is 5.71. The lowest BCUT2D eigenvalue weighted by Crippen LogP contribution is -2.27. The van der Waals surface area contributed by atoms with E-state index >= 15 is 0 Å². The number of rotatable bonds is 8. The highest BCUT2D eigenvalue weighted by Crippen LogP contribution is 2.26. The summed E-state index contributed by atoms with van der Waals surface area (Å²) in [5.41, 5.74) is 1.85. The number of hydrogen-bond acceptors (Lipinski definition) is 4. The molecule has 0 spiro atoms. The van der Waals surface area contributed by atoms with Crippen molar-refractivity contribution in [2.24, 2.45) is 0 Å². The third kappa shape index (κ3) is 9.13. The maximum atomic E-state index is 12.3. The van der Waals surface area contributed by atoms with E-state index in [1.165, 1.54) is 6.07 Å². The Bertz CT molecular complexity index is 959. The standard InChI is InChI=1S/C20H23BrN2O3.C2HF3O2/c1-3-11-23(12-4-2)18-10-9-16(13-17(18)20(25)26)22-19(24)14-5-7-15(21)8-6-14;3-2(4,5)1(6)7/h5-10,13H,3-4,11-12H2,1-2H3,(H,22,24)(H,25,26);(H,6,7). The summed E-state index contributed by atoms with van der Waals surface area (Å²) in [4.78, 5) is 35.1. The lowest BCUT2D eigenvalue weighted by atomic mass is 10.1. The van der Waals surface area contributed by atoms with Crippen molar-refractivity contribution in [2.45, 2.75) is 32.9 Å². The fourth-order valence-electron chi connectivity index (χ4n) is 2.76. The van der Waals surface area contributed by atoms with Crippen LogP contribution in [0.15, 0.2) is 46.9 Å². The first-order chi connectivity index (χ1) is 15.4. The summed E-state index contributed by atoms with van der Waals surface area (Å²) in [5, 5.41) is 19.5. The predicted molar refractivity (Wildman–Crippen MR) is 122 cm³/mol. The quantitative estimate of drug-likeness (QED) is 0.405. The van der Waals surface area contributed by atoms with E-state index in [4.69, 9.17) is 9.90 Å². The number of halogens is 4. The number of benzene rings is 2. The lowest BCUT2D eigenvalue weighted by Gasteiger charge is -2.25. The van der Waals surface area contributed by atoms with Crippen LogP contribution in [-0.2, 0) is 4.79 Å². The van der Waals surface area contributed by atoms with Gasteiger partial charge in [-0.1, -0.05) is 29.8 Å². The van der Waals surface area contributed by atoms with Crippen LogP contribution in [0.1, 0.15) is 47.4 Å². The molecule has 0 aliphatic carbocycles. The molecule has 0 bridgehead atoms. The first-order valence-electron chi connectivity index (χ1n) is 9.90. The monoisotopic (exact) mass is 532 g/mol. The molecular formula is C22H24BrF3N2O5. The number of nitrogens with zero attached hydrogens (tertiary/aromatic N) is 1. The molecule has 0 heterocycles. The summed E-state index contributed by atoms with van der Waals surface area (Å²) >= 11 is 3.33. The number of aromatic carboxylic acids is 1. The third-order valence-corrected chi connectivity index (χ3v) is 4.69. The molecule has 1 amide bonds. The van der Waals surface area contributed by atoms with Crippen LogP contribution < -0.4 is 10.2 Å². The molecule has 0 aliphatic heterocycles. The van der Waals surface area contributed by atoms with Gasteiger partial charge in [0.2, 0.25) is 0 Å². The molecule has 2 rings (SSSR count). The van der Waals surface area contributed by atoms with Crippen LogP contribution in [-0.4, -0.2) is 47.3 Å². The van der Waals surface area contributed by atoms with Crippen LogP contribution in [0.2, 0.25) is 0 Å². The fourth-order valence-corrected chi connectivity index (χ4v) is 3.02. The van der Waals surface area contributed by atoms with Gasteiger partial charge < -0.3 is 20.4 Å². The number of carbonyl (C=O) groups excluding carboxylic acids is 1. The Morgan fingerprint density at radius 3 is 1.91 bits per heavy atom. The number of aliphatic carboxylic acids is 1. The molecule has 3 N–H and O–H groups in total. The second kappa shape index (κ2) is 12.8. The summed E-state index contributed by atoms with van der Waals surface area (Å²) in [5.74, 6) is -4.04. The topological polar surface area (TPSA) is 107 Å². The van der Waals surface area contributed by atoms with E-state index < -0.39 is 18.1 Å². The van der Waals surface area contributed by atoms with Crippen LogP contribution >= 0.6 is 15.9 Å². The minimum absolute atomic E-state index is 0.195. The molecule has 180 valence electrons. The van der Waals surface area contributed by atoms with Crippen molar-refractivity contribution in [3.63, 3.8) is 0 Å². The number of anilines is 2. The van der Waals surface area contributed by atoms with Crippen molar-refractivity contribution in [1.82, 2.24) is 0 Å². The molecule has 7 nitrogen and oxygen atoms in total. The van der Waals surface area contributed by atoms with Gasteiger partial charge in [-0.05, 0) is 55.3 Å². The average Bonchev–Trinajstić information content (AvgIpc) is 2.73. The minimum atomic E-state index is -5.08. The van der Waals surface area contributed by atoms with E-state index in [2.05, 4.69) is 40.0 Å². The molecule has 0 aliphatic rings. The molecule has 11 heteroatoms. The first-order valence-corrected chi connectivity index (χ1v) is 10.7. The summed E-state index contributed by atoms with van der Waals surface area (Å²) < 4.78 is 32.6. The number of carboxylic acid groups (broad SMARTS) is 2. The molecule has 33 heavy (non-hydrogen) atoms. The molecule has 2 aromatic rings. The Hall–Kier alpha value is -3.08. The molecule has 0 saturated carbocycles. The highest BCUT2D eigenvalue weighted by molar-refractivity contribution is 9.10. The third-order valence-electron chi connectivity index (χ3n) is 4.16. The lowest BCUT2D eigenvalue weighted by molar-refractivity contribution is -0.192. The van der Waals surface area contributed by atoms with Crippen LogP contribution in [0.4, 0.5) is 24.5 Å². The Kier molecular flexibility index (Phi) is 10.9. The van der Waals surface area contributed by atoms with Crippen LogP contribution in [0.5, 0.6) is 0 Å². The normalized spacial score (nSPS) is 10.6. The van der Waals surface area contributed by atoms with Gasteiger partial charge in [0, 0.05) is 28.8 Å². The van der Waals surface area contributed by atoms with Gasteiger partial charge in [-0.3, -0.25) is 4.79 Å². The molecule has 0 atom stereocenters. The highest BCUT2D eigenvalue weighted by atomic mass is 79.9. The molecular weight excluding hydrogens is 509 g/mol. The van der Waals surface area contributed by atoms with Crippen molar-refractivity contribution in [3.05, 3.63) is 58.1 Å². The largest absolute Gasteiger partial charge is 0.490 e. The molecule has 2 aromatic carbocycles.